The van der Waals surface area contributed by atoms with Crippen LogP contribution in [-0.2, 0) is 5.41 Å². The topological polar surface area (TPSA) is 3.24 Å². The summed E-state index contributed by atoms with van der Waals surface area (Å²) >= 11 is 0. The predicted molar refractivity (Wildman–Crippen MR) is 203 cm³/mol. The molecule has 0 amide bonds. The molecule has 242 valence electrons. The second-order valence-corrected chi connectivity index (χ2v) is 15.9. The molecule has 0 heterocycles. The molecule has 1 atom stereocenters. The van der Waals surface area contributed by atoms with Gasteiger partial charge in [-0.1, -0.05) is 125 Å². The van der Waals surface area contributed by atoms with Gasteiger partial charge in [0, 0.05) is 22.5 Å². The predicted octanol–water partition coefficient (Wildman–Crippen LogP) is 13.5. The Hall–Kier alpha value is -4.10. The van der Waals surface area contributed by atoms with Gasteiger partial charge in [0.15, 0.2) is 0 Å². The van der Waals surface area contributed by atoms with Crippen molar-refractivity contribution in [2.45, 2.75) is 95.3 Å². The average molecular weight is 628 g/mol. The Morgan fingerprint density at radius 1 is 0.542 bits per heavy atom. The van der Waals surface area contributed by atoms with E-state index in [0.29, 0.717) is 5.92 Å². The molecule has 5 aliphatic carbocycles. The van der Waals surface area contributed by atoms with Crippen LogP contribution in [0.1, 0.15) is 112 Å². The summed E-state index contributed by atoms with van der Waals surface area (Å²) in [5.41, 5.74) is 14.9. The first-order valence-corrected chi connectivity index (χ1v) is 18.9. The number of benzene rings is 5. The highest BCUT2D eigenvalue weighted by Gasteiger charge is 2.38. The van der Waals surface area contributed by atoms with Gasteiger partial charge in [-0.05, 0) is 137 Å². The van der Waals surface area contributed by atoms with Crippen LogP contribution in [0.25, 0.3) is 22.3 Å². The number of hydrogen-bond acceptors (Lipinski definition) is 1. The molecule has 0 radical (unpaired) electrons. The lowest BCUT2D eigenvalue weighted by molar-refractivity contribution is 0.145. The molecule has 0 saturated heterocycles. The molecular weight excluding hydrogens is 579 g/mol. The Kier molecular flexibility index (Phi) is 7.56. The van der Waals surface area contributed by atoms with Gasteiger partial charge in [0.1, 0.15) is 0 Å². The summed E-state index contributed by atoms with van der Waals surface area (Å²) in [7, 11) is 0. The van der Waals surface area contributed by atoms with Gasteiger partial charge in [-0.3, -0.25) is 0 Å². The van der Waals surface area contributed by atoms with Crippen molar-refractivity contribution in [1.29, 1.82) is 0 Å². The Morgan fingerprint density at radius 2 is 1.21 bits per heavy atom. The summed E-state index contributed by atoms with van der Waals surface area (Å²) < 4.78 is 0. The summed E-state index contributed by atoms with van der Waals surface area (Å²) in [6, 6.07) is 44.4. The van der Waals surface area contributed by atoms with Crippen LogP contribution in [0.3, 0.4) is 0 Å². The molecule has 2 bridgehead atoms. The van der Waals surface area contributed by atoms with Crippen molar-refractivity contribution < 1.29 is 0 Å². The standard InChI is InChI=1S/C47H49N/c1-47(2)44-15-9-14-41(35-12-7-4-8-13-35)46(44)42-29-28-40(31-45(42)47)48(38-24-20-34(21-25-38)33-10-5-3-6-11-33)39-26-22-37(23-27-39)43-30-32-16-18-36(43)19-17-32/h4,7-9,12-15,20-29,31-33,36,43H,3,5-6,10-11,16-19,30H2,1-2H3. The third kappa shape index (κ3) is 5.13. The van der Waals surface area contributed by atoms with Crippen molar-refractivity contribution in [3.05, 3.63) is 138 Å². The second kappa shape index (κ2) is 12.1. The van der Waals surface area contributed by atoms with E-state index < -0.39 is 0 Å². The van der Waals surface area contributed by atoms with Crippen LogP contribution in [0, 0.1) is 11.8 Å². The lowest BCUT2D eigenvalue weighted by Crippen LogP contribution is -2.29. The highest BCUT2D eigenvalue weighted by atomic mass is 15.1. The van der Waals surface area contributed by atoms with Crippen LogP contribution in [0.5, 0.6) is 0 Å². The Bertz CT molecular complexity index is 1900. The van der Waals surface area contributed by atoms with Crippen LogP contribution < -0.4 is 4.90 Å². The third-order valence-electron chi connectivity index (χ3n) is 12.9. The van der Waals surface area contributed by atoms with E-state index in [1.54, 1.807) is 5.56 Å². The smallest absolute Gasteiger partial charge is 0.0465 e. The third-order valence-corrected chi connectivity index (χ3v) is 12.9. The van der Waals surface area contributed by atoms with Crippen molar-refractivity contribution in [3.8, 4) is 22.3 Å². The minimum atomic E-state index is -0.0911. The van der Waals surface area contributed by atoms with Gasteiger partial charge in [0.25, 0.3) is 0 Å². The summed E-state index contributed by atoms with van der Waals surface area (Å²) in [5.74, 6) is 3.28. The van der Waals surface area contributed by atoms with Crippen molar-refractivity contribution in [2.75, 3.05) is 4.90 Å². The molecule has 0 spiro atoms. The summed E-state index contributed by atoms with van der Waals surface area (Å²) in [5, 5.41) is 0. The minimum absolute atomic E-state index is 0.0911. The molecular formula is C47H49N. The van der Waals surface area contributed by atoms with Gasteiger partial charge in [-0.15, -0.1) is 0 Å². The number of fused-ring (bicyclic) bond motifs is 6. The molecule has 1 nitrogen and oxygen atoms in total. The van der Waals surface area contributed by atoms with Gasteiger partial charge < -0.3 is 4.90 Å². The van der Waals surface area contributed by atoms with E-state index in [-0.39, 0.29) is 5.41 Å². The molecule has 5 aromatic carbocycles. The summed E-state index contributed by atoms with van der Waals surface area (Å²) in [6.45, 7) is 4.82. The molecule has 4 saturated carbocycles. The molecule has 0 aliphatic heterocycles. The SMILES string of the molecule is CC1(C)c2cc(N(c3ccc(C4CCCCC4)cc3)c3ccc(C4CC5CCC4CC5)cc3)ccc2-c2c(-c3ccccc3)cccc21. The molecule has 1 unspecified atom stereocenters. The normalized spacial score (nSPS) is 22.7. The molecule has 48 heavy (non-hydrogen) atoms. The fourth-order valence-corrected chi connectivity index (χ4v) is 10.2. The second-order valence-electron chi connectivity index (χ2n) is 15.9. The molecule has 5 aromatic rings. The van der Waals surface area contributed by atoms with Gasteiger partial charge in [-0.25, -0.2) is 0 Å². The van der Waals surface area contributed by atoms with Gasteiger partial charge in [-0.2, -0.15) is 0 Å². The van der Waals surface area contributed by atoms with E-state index in [0.717, 1.165) is 17.8 Å². The maximum absolute atomic E-state index is 2.51. The number of nitrogens with zero attached hydrogens (tertiary/aromatic N) is 1. The Morgan fingerprint density at radius 3 is 1.88 bits per heavy atom. The van der Waals surface area contributed by atoms with E-state index in [9.17, 15) is 0 Å². The molecule has 0 aromatic heterocycles. The quantitative estimate of drug-likeness (QED) is 0.181. The largest absolute Gasteiger partial charge is 0.310 e. The molecule has 1 heteroatoms. The van der Waals surface area contributed by atoms with Gasteiger partial charge in [0.05, 0.1) is 0 Å². The lowest BCUT2D eigenvalue weighted by atomic mass is 9.63. The maximum atomic E-state index is 2.51. The number of anilines is 3. The van der Waals surface area contributed by atoms with Crippen molar-refractivity contribution >= 4 is 17.1 Å². The van der Waals surface area contributed by atoms with Crippen molar-refractivity contribution in [2.24, 2.45) is 11.8 Å². The van der Waals surface area contributed by atoms with Crippen LogP contribution >= 0.6 is 0 Å². The van der Waals surface area contributed by atoms with Crippen LogP contribution in [0.4, 0.5) is 17.1 Å². The van der Waals surface area contributed by atoms with Crippen molar-refractivity contribution in [1.82, 2.24) is 0 Å². The van der Waals surface area contributed by atoms with Crippen molar-refractivity contribution in [3.63, 3.8) is 0 Å². The lowest BCUT2D eigenvalue weighted by Gasteiger charge is -2.42. The monoisotopic (exact) mass is 627 g/mol. The molecule has 4 fully saturated rings. The van der Waals surface area contributed by atoms with E-state index in [2.05, 4.69) is 134 Å². The highest BCUT2D eigenvalue weighted by molar-refractivity contribution is 5.94. The van der Waals surface area contributed by atoms with Crippen LogP contribution in [-0.4, -0.2) is 0 Å². The first-order valence-electron chi connectivity index (χ1n) is 18.9. The van der Waals surface area contributed by atoms with Gasteiger partial charge >= 0.3 is 0 Å². The molecule has 10 rings (SSSR count). The molecule has 5 aliphatic rings. The maximum Gasteiger partial charge on any atom is 0.0465 e. The van der Waals surface area contributed by atoms with Crippen LogP contribution in [0.2, 0.25) is 0 Å². The van der Waals surface area contributed by atoms with Crippen LogP contribution in [0.15, 0.2) is 115 Å². The minimum Gasteiger partial charge on any atom is -0.310 e. The number of rotatable bonds is 6. The van der Waals surface area contributed by atoms with E-state index in [4.69, 9.17) is 0 Å². The van der Waals surface area contributed by atoms with E-state index in [1.807, 2.05) is 0 Å². The number of hydrogen-bond donors (Lipinski definition) is 0. The zero-order chi connectivity index (χ0) is 32.2. The fourth-order valence-electron chi connectivity index (χ4n) is 10.2. The zero-order valence-electron chi connectivity index (χ0n) is 28.8. The first-order chi connectivity index (χ1) is 23.5. The summed E-state index contributed by atoms with van der Waals surface area (Å²) in [4.78, 5) is 2.51. The Labute approximate surface area is 288 Å². The van der Waals surface area contributed by atoms with E-state index in [1.165, 1.54) is 120 Å². The van der Waals surface area contributed by atoms with Gasteiger partial charge in [0.2, 0.25) is 0 Å². The average Bonchev–Trinajstić information content (AvgIpc) is 3.39. The highest BCUT2D eigenvalue weighted by Crippen LogP contribution is 2.54. The van der Waals surface area contributed by atoms with E-state index >= 15 is 0 Å². The Balaban J connectivity index is 1.12. The first kappa shape index (κ1) is 30.0. The molecule has 0 N–H and O–H groups in total. The summed E-state index contributed by atoms with van der Waals surface area (Å²) in [6.07, 6.45) is 13.9. The zero-order valence-corrected chi connectivity index (χ0v) is 28.8. The fraction of sp³-hybridized carbons (Fsp3) is 0.362.